The Kier molecular flexibility index (Phi) is 10.5. The summed E-state index contributed by atoms with van der Waals surface area (Å²) in [6.07, 6.45) is 4.22. The molecule has 1 fully saturated rings. The molecule has 1 aromatic rings. The molecule has 1 aliphatic heterocycles. The molecule has 6 nitrogen and oxygen atoms in total. The van der Waals surface area contributed by atoms with Gasteiger partial charge in [-0.2, -0.15) is 0 Å². The average molecular weight is 412 g/mol. The summed E-state index contributed by atoms with van der Waals surface area (Å²) in [5, 5.41) is 4.09. The fraction of sp³-hybridized carbons (Fsp3) is 0.667. The van der Waals surface area contributed by atoms with E-state index in [1.165, 1.54) is 0 Å². The van der Waals surface area contributed by atoms with Crippen LogP contribution in [0.3, 0.4) is 0 Å². The summed E-state index contributed by atoms with van der Waals surface area (Å²) < 4.78 is 17.1. The van der Waals surface area contributed by atoms with Gasteiger partial charge in [0.05, 0.1) is 17.7 Å². The molecule has 1 unspecified atom stereocenters. The number of halogens is 1. The highest BCUT2D eigenvalue weighted by Gasteiger charge is 2.22. The lowest BCUT2D eigenvalue weighted by Gasteiger charge is -2.34. The van der Waals surface area contributed by atoms with Crippen molar-refractivity contribution in [1.29, 1.82) is 0 Å². The average Bonchev–Trinajstić information content (AvgIpc) is 2.73. The maximum Gasteiger partial charge on any atom is 0.193 e. The molecule has 0 saturated carbocycles. The Hall–Kier alpha value is -1.50. The molecule has 7 heteroatoms. The number of likely N-dealkylation sites (tertiary alicyclic amines) is 1. The van der Waals surface area contributed by atoms with Crippen LogP contribution in [0.4, 0.5) is 0 Å². The molecule has 0 aromatic heterocycles. The second-order valence-electron chi connectivity index (χ2n) is 6.91. The Morgan fingerprint density at radius 1 is 1.29 bits per heavy atom. The molecule has 0 spiro atoms. The van der Waals surface area contributed by atoms with Crippen LogP contribution in [0.25, 0.3) is 0 Å². The van der Waals surface area contributed by atoms with E-state index in [-0.39, 0.29) is 6.10 Å². The lowest BCUT2D eigenvalue weighted by molar-refractivity contribution is 0.00983. The Labute approximate surface area is 174 Å². The molecule has 1 heterocycles. The van der Waals surface area contributed by atoms with Crippen LogP contribution < -0.4 is 10.1 Å². The summed E-state index contributed by atoms with van der Waals surface area (Å²) in [7, 11) is 3.55. The van der Waals surface area contributed by atoms with Crippen LogP contribution in [0.5, 0.6) is 5.75 Å². The number of nitrogens with one attached hydrogen (secondary N) is 1. The molecule has 1 aromatic carbocycles. The van der Waals surface area contributed by atoms with E-state index >= 15 is 0 Å². The third kappa shape index (κ3) is 7.49. The van der Waals surface area contributed by atoms with Crippen LogP contribution in [-0.4, -0.2) is 70.1 Å². The first-order valence-electron chi connectivity index (χ1n) is 10.1. The minimum atomic E-state index is 0.0262. The Balaban J connectivity index is 1.75. The Bertz CT molecular complexity index is 592. The maximum absolute atomic E-state index is 6.21. The summed E-state index contributed by atoms with van der Waals surface area (Å²) in [4.78, 5) is 6.74. The first-order valence-corrected chi connectivity index (χ1v) is 10.5. The molecular weight excluding hydrogens is 378 g/mol. The highest BCUT2D eigenvalue weighted by atomic mass is 35.5. The fourth-order valence-corrected chi connectivity index (χ4v) is 3.39. The maximum atomic E-state index is 6.21. The van der Waals surface area contributed by atoms with Crippen molar-refractivity contribution in [3.63, 3.8) is 0 Å². The molecular formula is C21H34ClN3O3. The number of nitrogens with zero attached hydrogens (tertiary/aromatic N) is 2. The molecule has 2 rings (SSSR count). The van der Waals surface area contributed by atoms with Gasteiger partial charge in [0.25, 0.3) is 0 Å². The van der Waals surface area contributed by atoms with Crippen molar-refractivity contribution >= 4 is 17.6 Å². The van der Waals surface area contributed by atoms with E-state index in [0.29, 0.717) is 17.7 Å². The summed E-state index contributed by atoms with van der Waals surface area (Å²) >= 11 is 6.21. The number of methoxy groups -OCH3 is 1. The molecule has 28 heavy (non-hydrogen) atoms. The highest BCUT2D eigenvalue weighted by Crippen LogP contribution is 2.24. The van der Waals surface area contributed by atoms with Crippen LogP contribution in [0.15, 0.2) is 29.3 Å². The van der Waals surface area contributed by atoms with Gasteiger partial charge in [-0.1, -0.05) is 30.7 Å². The summed E-state index contributed by atoms with van der Waals surface area (Å²) in [5.74, 6) is 1.64. The van der Waals surface area contributed by atoms with E-state index in [1.54, 1.807) is 7.11 Å². The van der Waals surface area contributed by atoms with Crippen molar-refractivity contribution in [3.05, 3.63) is 29.3 Å². The lowest BCUT2D eigenvalue weighted by Crippen LogP contribution is -2.49. The van der Waals surface area contributed by atoms with E-state index in [4.69, 9.17) is 25.8 Å². The van der Waals surface area contributed by atoms with Gasteiger partial charge in [-0.15, -0.1) is 0 Å². The molecule has 158 valence electrons. The number of hydrogen-bond donors (Lipinski definition) is 1. The highest BCUT2D eigenvalue weighted by molar-refractivity contribution is 6.32. The van der Waals surface area contributed by atoms with Crippen LogP contribution in [-0.2, 0) is 9.47 Å². The van der Waals surface area contributed by atoms with Crippen LogP contribution >= 0.6 is 11.6 Å². The summed E-state index contributed by atoms with van der Waals surface area (Å²) in [6, 6.07) is 7.58. The standard InChI is InChI=1S/C21H34ClN3O3/c1-4-17(28-20-9-6-5-8-19(20)22)16-24-21(23-2)25-12-10-18(11-13-25)27-15-7-14-26-3/h5-6,8-9,17-18H,4,7,10-16H2,1-3H3,(H,23,24). The van der Waals surface area contributed by atoms with E-state index in [0.717, 1.165) is 63.7 Å². The van der Waals surface area contributed by atoms with E-state index < -0.39 is 0 Å². The van der Waals surface area contributed by atoms with Crippen LogP contribution in [0.1, 0.15) is 32.6 Å². The molecule has 0 bridgehead atoms. The monoisotopic (exact) mass is 411 g/mol. The SMILES string of the molecule is CCC(CNC(=NC)N1CCC(OCCCOC)CC1)Oc1ccccc1Cl. The predicted octanol–water partition coefficient (Wildman–Crippen LogP) is 3.59. The molecule has 1 atom stereocenters. The van der Waals surface area contributed by atoms with Gasteiger partial charge in [-0.25, -0.2) is 0 Å². The smallest absolute Gasteiger partial charge is 0.193 e. The normalized spacial score (nSPS) is 16.9. The Morgan fingerprint density at radius 2 is 2.04 bits per heavy atom. The topological polar surface area (TPSA) is 55.3 Å². The minimum Gasteiger partial charge on any atom is -0.487 e. The van der Waals surface area contributed by atoms with Crippen molar-refractivity contribution in [1.82, 2.24) is 10.2 Å². The van der Waals surface area contributed by atoms with Crippen molar-refractivity contribution in [2.24, 2.45) is 4.99 Å². The number of ether oxygens (including phenoxy) is 3. The third-order valence-electron chi connectivity index (χ3n) is 4.87. The number of guanidine groups is 1. The summed E-state index contributed by atoms with van der Waals surface area (Å²) in [6.45, 7) is 6.20. The third-order valence-corrected chi connectivity index (χ3v) is 5.19. The van der Waals surface area contributed by atoms with Gasteiger partial charge in [-0.3, -0.25) is 4.99 Å². The predicted molar refractivity (Wildman–Crippen MR) is 115 cm³/mol. The zero-order chi connectivity index (χ0) is 20.2. The minimum absolute atomic E-state index is 0.0262. The zero-order valence-corrected chi connectivity index (χ0v) is 18.1. The number of para-hydroxylation sites is 1. The lowest BCUT2D eigenvalue weighted by atomic mass is 10.1. The Morgan fingerprint density at radius 3 is 2.68 bits per heavy atom. The molecule has 0 radical (unpaired) electrons. The van der Waals surface area contributed by atoms with Gasteiger partial charge in [0.1, 0.15) is 11.9 Å². The van der Waals surface area contributed by atoms with E-state index in [9.17, 15) is 0 Å². The van der Waals surface area contributed by atoms with Gasteiger partial charge in [0.2, 0.25) is 0 Å². The van der Waals surface area contributed by atoms with Gasteiger partial charge < -0.3 is 24.4 Å². The fourth-order valence-electron chi connectivity index (χ4n) is 3.21. The van der Waals surface area contributed by atoms with Crippen molar-refractivity contribution in [3.8, 4) is 5.75 Å². The molecule has 1 aliphatic rings. The quantitative estimate of drug-likeness (QED) is 0.362. The largest absolute Gasteiger partial charge is 0.487 e. The second kappa shape index (κ2) is 12.9. The first-order chi connectivity index (χ1) is 13.7. The number of rotatable bonds is 10. The summed E-state index contributed by atoms with van der Waals surface area (Å²) in [5.41, 5.74) is 0. The van der Waals surface area contributed by atoms with Crippen LogP contribution in [0.2, 0.25) is 5.02 Å². The van der Waals surface area contributed by atoms with Gasteiger partial charge >= 0.3 is 0 Å². The molecule has 0 amide bonds. The second-order valence-corrected chi connectivity index (χ2v) is 7.32. The number of aliphatic imine (C=N–C) groups is 1. The van der Waals surface area contributed by atoms with Gasteiger partial charge in [0, 0.05) is 40.5 Å². The zero-order valence-electron chi connectivity index (χ0n) is 17.3. The van der Waals surface area contributed by atoms with Crippen molar-refractivity contribution in [2.45, 2.75) is 44.8 Å². The molecule has 1 saturated heterocycles. The van der Waals surface area contributed by atoms with Crippen molar-refractivity contribution in [2.75, 3.05) is 47.0 Å². The number of benzene rings is 1. The van der Waals surface area contributed by atoms with E-state index in [1.807, 2.05) is 31.3 Å². The van der Waals surface area contributed by atoms with Crippen molar-refractivity contribution < 1.29 is 14.2 Å². The van der Waals surface area contributed by atoms with E-state index in [2.05, 4.69) is 22.1 Å². The molecule has 1 N–H and O–H groups in total. The first kappa shape index (κ1) is 22.8. The number of hydrogen-bond acceptors (Lipinski definition) is 4. The van der Waals surface area contributed by atoms with Gasteiger partial charge in [0.15, 0.2) is 5.96 Å². The molecule has 0 aliphatic carbocycles. The van der Waals surface area contributed by atoms with Gasteiger partial charge in [-0.05, 0) is 37.8 Å². The number of piperidine rings is 1. The van der Waals surface area contributed by atoms with Crippen LogP contribution in [0, 0.1) is 0 Å².